The van der Waals surface area contributed by atoms with E-state index in [9.17, 15) is 24.6 Å². The number of benzene rings is 1. The number of pyridine rings is 2. The number of halogens is 2. The molecule has 0 aliphatic carbocycles. The van der Waals surface area contributed by atoms with E-state index in [0.717, 1.165) is 50.2 Å². The first-order valence-electron chi connectivity index (χ1n) is 16.6. The zero-order valence-corrected chi connectivity index (χ0v) is 30.2. The molecule has 19 heteroatoms. The van der Waals surface area contributed by atoms with Gasteiger partial charge in [0.1, 0.15) is 11.3 Å². The number of esters is 1. The molecule has 6 aromatic rings. The average molecular weight is 780 g/mol. The molecule has 2 aliphatic heterocycles. The SMILES string of the molecule is COC(=O)c1nc2ccc(N3CCOCC3)cn2c(=O)c1O.O=c1c(O)c(-c2nnc(Cc3ccc(Cl)c(Cl)c3)o2)nc2ccc(N3CCOCC3)cn12. The predicted octanol–water partition coefficient (Wildman–Crippen LogP) is 3.21. The lowest BCUT2D eigenvalue weighted by molar-refractivity contribution is 0.0590. The number of ether oxygens (including phenoxy) is 3. The Morgan fingerprint density at radius 1 is 0.778 bits per heavy atom. The molecule has 2 saturated heterocycles. The van der Waals surface area contributed by atoms with E-state index in [0.29, 0.717) is 48.5 Å². The molecular weight excluding hydrogens is 747 g/mol. The van der Waals surface area contributed by atoms with Crippen LogP contribution in [0.4, 0.5) is 11.4 Å². The Kier molecular flexibility index (Phi) is 10.6. The molecule has 0 unspecified atom stereocenters. The zero-order valence-electron chi connectivity index (χ0n) is 28.6. The number of fused-ring (bicyclic) bond motifs is 2. The summed E-state index contributed by atoms with van der Waals surface area (Å²) in [7, 11) is 1.16. The van der Waals surface area contributed by atoms with Crippen molar-refractivity contribution in [2.24, 2.45) is 0 Å². The topological polar surface area (TPSA) is 199 Å². The highest BCUT2D eigenvalue weighted by Crippen LogP contribution is 2.27. The van der Waals surface area contributed by atoms with Gasteiger partial charge in [0, 0.05) is 38.6 Å². The number of hydrogen-bond donors (Lipinski definition) is 2. The summed E-state index contributed by atoms with van der Waals surface area (Å²) in [5.41, 5.74) is 1.33. The third-order valence-corrected chi connectivity index (χ3v) is 9.45. The van der Waals surface area contributed by atoms with Crippen molar-refractivity contribution >= 4 is 51.8 Å². The molecule has 0 radical (unpaired) electrons. The Bertz CT molecular complexity index is 2480. The van der Waals surface area contributed by atoms with Gasteiger partial charge in [0.05, 0.1) is 61.4 Å². The van der Waals surface area contributed by atoms with Crippen molar-refractivity contribution < 1.29 is 33.6 Å². The van der Waals surface area contributed by atoms with Gasteiger partial charge in [-0.3, -0.25) is 18.4 Å². The summed E-state index contributed by atoms with van der Waals surface area (Å²) in [6, 6.07) is 12.2. The van der Waals surface area contributed by atoms with E-state index in [1.54, 1.807) is 42.7 Å². The van der Waals surface area contributed by atoms with Gasteiger partial charge in [-0.2, -0.15) is 0 Å². The number of hydrogen-bond acceptors (Lipinski definition) is 15. The first-order chi connectivity index (χ1) is 26.1. The van der Waals surface area contributed by atoms with E-state index in [1.807, 2.05) is 12.1 Å². The quantitative estimate of drug-likeness (QED) is 0.234. The Balaban J connectivity index is 0.000000179. The van der Waals surface area contributed by atoms with Crippen molar-refractivity contribution in [1.82, 2.24) is 29.0 Å². The minimum absolute atomic E-state index is 0.0468. The number of anilines is 2. The fraction of sp³-hybridized carbons (Fsp3) is 0.286. The van der Waals surface area contributed by atoms with Gasteiger partial charge in [0.25, 0.3) is 5.89 Å². The van der Waals surface area contributed by atoms with Gasteiger partial charge in [-0.25, -0.2) is 14.8 Å². The van der Waals surface area contributed by atoms with E-state index in [2.05, 4.69) is 34.7 Å². The molecule has 2 N–H and O–H groups in total. The van der Waals surface area contributed by atoms with Crippen molar-refractivity contribution in [3.8, 4) is 23.1 Å². The highest BCUT2D eigenvalue weighted by molar-refractivity contribution is 6.42. The molecule has 0 amide bonds. The van der Waals surface area contributed by atoms with Gasteiger partial charge in [-0.1, -0.05) is 29.3 Å². The summed E-state index contributed by atoms with van der Waals surface area (Å²) in [5.74, 6) is -1.90. The Hall–Kier alpha value is -5.75. The second-order valence-corrected chi connectivity index (χ2v) is 12.9. The number of methoxy groups -OCH3 is 1. The van der Waals surface area contributed by atoms with Gasteiger partial charge >= 0.3 is 17.1 Å². The lowest BCUT2D eigenvalue weighted by Gasteiger charge is -2.28. The summed E-state index contributed by atoms with van der Waals surface area (Å²) in [4.78, 5) is 49.1. The van der Waals surface area contributed by atoms with Crippen LogP contribution in [0.15, 0.2) is 68.9 Å². The summed E-state index contributed by atoms with van der Waals surface area (Å²) in [6.07, 6.45) is 3.56. The van der Waals surface area contributed by atoms with Gasteiger partial charge in [-0.05, 0) is 42.0 Å². The molecule has 54 heavy (non-hydrogen) atoms. The van der Waals surface area contributed by atoms with Crippen LogP contribution in [0.3, 0.4) is 0 Å². The monoisotopic (exact) mass is 778 g/mol. The van der Waals surface area contributed by atoms with Crippen LogP contribution in [0.2, 0.25) is 10.0 Å². The fourth-order valence-corrected chi connectivity index (χ4v) is 6.21. The predicted molar refractivity (Wildman–Crippen MR) is 196 cm³/mol. The molecule has 1 aromatic carbocycles. The summed E-state index contributed by atoms with van der Waals surface area (Å²) < 4.78 is 23.3. The molecule has 0 bridgehead atoms. The lowest BCUT2D eigenvalue weighted by Crippen LogP contribution is -2.36. The number of morpholine rings is 2. The minimum Gasteiger partial charge on any atom is -0.501 e. The second kappa shape index (κ2) is 15.7. The van der Waals surface area contributed by atoms with E-state index in [1.165, 1.54) is 8.80 Å². The number of carbonyl (C=O) groups is 1. The molecule has 280 valence electrons. The lowest BCUT2D eigenvalue weighted by atomic mass is 10.1. The van der Waals surface area contributed by atoms with Crippen LogP contribution >= 0.6 is 23.2 Å². The molecule has 2 aliphatic rings. The standard InChI is InChI=1S/C21H17Cl2N5O4.C14H15N3O5/c22-14-3-1-12(9-15(14)23)10-17-25-26-20(32-17)18-19(29)21(30)28-11-13(2-4-16(28)24-18)27-5-7-31-8-6-27;1-21-14(20)11-12(18)13(19)17-8-9(2-3-10(17)15-11)16-4-6-22-7-5-16/h1-4,9,11,29H,5-8,10H2;2-3,8,18H,4-7H2,1H3. The van der Waals surface area contributed by atoms with Gasteiger partial charge in [-0.15, -0.1) is 10.2 Å². The molecule has 7 heterocycles. The molecule has 8 rings (SSSR count). The third kappa shape index (κ3) is 7.52. The Labute approximate surface area is 315 Å². The number of rotatable bonds is 6. The van der Waals surface area contributed by atoms with E-state index < -0.39 is 28.6 Å². The second-order valence-electron chi connectivity index (χ2n) is 12.1. The molecule has 0 spiro atoms. The Morgan fingerprint density at radius 2 is 1.35 bits per heavy atom. The van der Waals surface area contributed by atoms with Gasteiger partial charge in [0.2, 0.25) is 17.4 Å². The average Bonchev–Trinajstić information content (AvgIpc) is 3.67. The van der Waals surface area contributed by atoms with Crippen LogP contribution in [-0.4, -0.2) is 105 Å². The normalized spacial score (nSPS) is 14.6. The zero-order chi connectivity index (χ0) is 37.9. The number of aromatic hydroxyl groups is 2. The summed E-state index contributed by atoms with van der Waals surface area (Å²) >= 11 is 12.0. The highest BCUT2D eigenvalue weighted by Gasteiger charge is 2.22. The van der Waals surface area contributed by atoms with Crippen LogP contribution in [0, 0.1) is 0 Å². The Morgan fingerprint density at radius 3 is 1.93 bits per heavy atom. The van der Waals surface area contributed by atoms with E-state index in [-0.39, 0.29) is 28.8 Å². The first kappa shape index (κ1) is 36.6. The smallest absolute Gasteiger partial charge is 0.360 e. The fourth-order valence-electron chi connectivity index (χ4n) is 5.89. The molecular formula is C35H32Cl2N8O9. The van der Waals surface area contributed by atoms with E-state index >= 15 is 0 Å². The van der Waals surface area contributed by atoms with Crippen molar-refractivity contribution in [1.29, 1.82) is 0 Å². The maximum absolute atomic E-state index is 12.8. The first-order valence-corrected chi connectivity index (χ1v) is 17.4. The van der Waals surface area contributed by atoms with Crippen LogP contribution in [0.1, 0.15) is 21.9 Å². The van der Waals surface area contributed by atoms with Crippen LogP contribution in [0.5, 0.6) is 11.5 Å². The summed E-state index contributed by atoms with van der Waals surface area (Å²) in [5, 5.41) is 29.2. The number of aromatic nitrogens is 6. The van der Waals surface area contributed by atoms with Gasteiger partial charge in [0.15, 0.2) is 11.4 Å². The number of carbonyl (C=O) groups excluding carboxylic acids is 1. The van der Waals surface area contributed by atoms with Crippen LogP contribution in [0.25, 0.3) is 22.9 Å². The molecule has 0 saturated carbocycles. The molecule has 5 aromatic heterocycles. The highest BCUT2D eigenvalue weighted by atomic mass is 35.5. The van der Waals surface area contributed by atoms with Gasteiger partial charge < -0.3 is 38.6 Å². The third-order valence-electron chi connectivity index (χ3n) is 8.71. The minimum atomic E-state index is -0.852. The number of nitrogens with zero attached hydrogens (tertiary/aromatic N) is 8. The molecule has 2 fully saturated rings. The van der Waals surface area contributed by atoms with E-state index in [4.69, 9.17) is 37.1 Å². The van der Waals surface area contributed by atoms with Crippen molar-refractivity contribution in [3.05, 3.63) is 103 Å². The molecule has 0 atom stereocenters. The van der Waals surface area contributed by atoms with Crippen LogP contribution < -0.4 is 20.9 Å². The van der Waals surface area contributed by atoms with Crippen molar-refractivity contribution in [3.63, 3.8) is 0 Å². The maximum Gasteiger partial charge on any atom is 0.360 e. The van der Waals surface area contributed by atoms with Crippen molar-refractivity contribution in [2.45, 2.75) is 6.42 Å². The molecule has 17 nitrogen and oxygen atoms in total. The van der Waals surface area contributed by atoms with Crippen molar-refractivity contribution in [2.75, 3.05) is 69.5 Å². The largest absolute Gasteiger partial charge is 0.501 e. The maximum atomic E-state index is 12.8. The van der Waals surface area contributed by atoms with Crippen LogP contribution in [-0.2, 0) is 20.6 Å². The summed E-state index contributed by atoms with van der Waals surface area (Å²) in [6.45, 7) is 5.38.